The van der Waals surface area contributed by atoms with Crippen LogP contribution in [0.4, 0.5) is 17.6 Å². The molecule has 0 heterocycles. The third-order valence-electron chi connectivity index (χ3n) is 2.91. The lowest BCUT2D eigenvalue weighted by molar-refractivity contribution is 0.443. The van der Waals surface area contributed by atoms with Crippen molar-refractivity contribution >= 4 is 11.6 Å². The molecule has 0 bridgehead atoms. The Morgan fingerprint density at radius 2 is 1.60 bits per heavy atom. The first kappa shape index (κ1) is 14.8. The van der Waals surface area contributed by atoms with E-state index in [9.17, 15) is 17.6 Å². The molecule has 1 atom stereocenters. The van der Waals surface area contributed by atoms with E-state index in [0.29, 0.717) is 0 Å². The van der Waals surface area contributed by atoms with Gasteiger partial charge in [-0.15, -0.1) is 0 Å². The minimum atomic E-state index is -1.56. The van der Waals surface area contributed by atoms with Crippen LogP contribution >= 0.6 is 11.6 Å². The second-order valence-corrected chi connectivity index (χ2v) is 4.73. The third kappa shape index (κ3) is 2.94. The van der Waals surface area contributed by atoms with Crippen LogP contribution in [0.2, 0.25) is 5.02 Å². The second-order valence-electron chi connectivity index (χ2n) is 4.32. The summed E-state index contributed by atoms with van der Waals surface area (Å²) in [6, 6.07) is 5.10. The number of nitrogens with two attached hydrogens (primary N) is 1. The molecule has 20 heavy (non-hydrogen) atoms. The van der Waals surface area contributed by atoms with E-state index in [1.165, 1.54) is 12.1 Å². The molecular formula is C14H10ClF4N. The monoisotopic (exact) mass is 303 g/mol. The van der Waals surface area contributed by atoms with Crippen molar-refractivity contribution in [2.45, 2.75) is 12.5 Å². The molecular weight excluding hydrogens is 294 g/mol. The van der Waals surface area contributed by atoms with Gasteiger partial charge in [-0.25, -0.2) is 17.6 Å². The molecule has 0 saturated carbocycles. The summed E-state index contributed by atoms with van der Waals surface area (Å²) in [7, 11) is 0. The Morgan fingerprint density at radius 3 is 2.20 bits per heavy atom. The number of rotatable bonds is 3. The van der Waals surface area contributed by atoms with Gasteiger partial charge in [-0.05, 0) is 35.7 Å². The standard InChI is InChI=1S/C14H10ClF4N/c15-9-3-1-2-7(13(9)18)6-12(20)8-4-10(16)14(19)11(17)5-8/h1-5,12H,6,20H2. The first-order valence-electron chi connectivity index (χ1n) is 5.73. The summed E-state index contributed by atoms with van der Waals surface area (Å²) in [5.41, 5.74) is 6.03. The maximum absolute atomic E-state index is 13.7. The highest BCUT2D eigenvalue weighted by molar-refractivity contribution is 6.30. The summed E-state index contributed by atoms with van der Waals surface area (Å²) in [4.78, 5) is 0. The largest absolute Gasteiger partial charge is 0.324 e. The van der Waals surface area contributed by atoms with Crippen LogP contribution in [0, 0.1) is 23.3 Å². The maximum atomic E-state index is 13.7. The first-order chi connectivity index (χ1) is 9.40. The second kappa shape index (κ2) is 5.81. The summed E-state index contributed by atoms with van der Waals surface area (Å²) in [6.45, 7) is 0. The molecule has 1 nitrogen and oxygen atoms in total. The van der Waals surface area contributed by atoms with Gasteiger partial charge in [0, 0.05) is 6.04 Å². The highest BCUT2D eigenvalue weighted by Gasteiger charge is 2.17. The highest BCUT2D eigenvalue weighted by Crippen LogP contribution is 2.24. The molecule has 6 heteroatoms. The van der Waals surface area contributed by atoms with E-state index >= 15 is 0 Å². The van der Waals surface area contributed by atoms with Crippen molar-refractivity contribution in [3.63, 3.8) is 0 Å². The van der Waals surface area contributed by atoms with Gasteiger partial charge < -0.3 is 5.73 Å². The van der Waals surface area contributed by atoms with E-state index in [1.807, 2.05) is 0 Å². The van der Waals surface area contributed by atoms with Crippen molar-refractivity contribution in [1.29, 1.82) is 0 Å². The molecule has 0 fully saturated rings. The molecule has 0 aliphatic rings. The van der Waals surface area contributed by atoms with Gasteiger partial charge in [-0.3, -0.25) is 0 Å². The molecule has 0 saturated heterocycles. The minimum Gasteiger partial charge on any atom is -0.324 e. The number of benzene rings is 2. The molecule has 0 amide bonds. The van der Waals surface area contributed by atoms with Crippen LogP contribution in [-0.4, -0.2) is 0 Å². The average Bonchev–Trinajstić information content (AvgIpc) is 2.40. The summed E-state index contributed by atoms with van der Waals surface area (Å²) in [5.74, 6) is -4.86. The minimum absolute atomic E-state index is 0.0170. The zero-order valence-electron chi connectivity index (χ0n) is 10.1. The fraction of sp³-hybridized carbons (Fsp3) is 0.143. The van der Waals surface area contributed by atoms with Crippen molar-refractivity contribution < 1.29 is 17.6 Å². The Hall–Kier alpha value is -1.59. The fourth-order valence-electron chi connectivity index (χ4n) is 1.85. The Kier molecular flexibility index (Phi) is 4.30. The SMILES string of the molecule is NC(Cc1cccc(Cl)c1F)c1cc(F)c(F)c(F)c1. The molecule has 1 unspecified atom stereocenters. The van der Waals surface area contributed by atoms with E-state index in [-0.39, 0.29) is 22.6 Å². The van der Waals surface area contributed by atoms with Crippen LogP contribution in [0.3, 0.4) is 0 Å². The number of hydrogen-bond donors (Lipinski definition) is 1. The molecule has 0 aliphatic heterocycles. The zero-order valence-corrected chi connectivity index (χ0v) is 10.9. The van der Waals surface area contributed by atoms with Gasteiger partial charge in [-0.1, -0.05) is 23.7 Å². The van der Waals surface area contributed by atoms with Gasteiger partial charge in [0.25, 0.3) is 0 Å². The van der Waals surface area contributed by atoms with Crippen molar-refractivity contribution in [2.75, 3.05) is 0 Å². The normalized spacial score (nSPS) is 12.5. The molecule has 0 spiro atoms. The van der Waals surface area contributed by atoms with Crippen molar-refractivity contribution in [3.8, 4) is 0 Å². The molecule has 2 aromatic carbocycles. The zero-order chi connectivity index (χ0) is 14.9. The van der Waals surface area contributed by atoms with Gasteiger partial charge in [0.1, 0.15) is 5.82 Å². The summed E-state index contributed by atoms with van der Waals surface area (Å²) < 4.78 is 52.8. The van der Waals surface area contributed by atoms with Crippen LogP contribution in [-0.2, 0) is 6.42 Å². The van der Waals surface area contributed by atoms with E-state index in [2.05, 4.69) is 0 Å². The molecule has 0 radical (unpaired) electrons. The van der Waals surface area contributed by atoms with Crippen LogP contribution in [0.5, 0.6) is 0 Å². The topological polar surface area (TPSA) is 26.0 Å². The molecule has 0 aromatic heterocycles. The fourth-order valence-corrected chi connectivity index (χ4v) is 2.04. The molecule has 2 N–H and O–H groups in total. The highest BCUT2D eigenvalue weighted by atomic mass is 35.5. The summed E-state index contributed by atoms with van der Waals surface area (Å²) in [5, 5.41) is -0.0637. The smallest absolute Gasteiger partial charge is 0.194 e. The van der Waals surface area contributed by atoms with Crippen molar-refractivity contribution in [1.82, 2.24) is 0 Å². The lowest BCUT2D eigenvalue weighted by Gasteiger charge is -2.14. The van der Waals surface area contributed by atoms with E-state index < -0.39 is 29.3 Å². The van der Waals surface area contributed by atoms with E-state index in [1.54, 1.807) is 6.07 Å². The van der Waals surface area contributed by atoms with Crippen LogP contribution in [0.1, 0.15) is 17.2 Å². The molecule has 2 aromatic rings. The predicted molar refractivity (Wildman–Crippen MR) is 68.4 cm³/mol. The van der Waals surface area contributed by atoms with Gasteiger partial charge in [0.05, 0.1) is 5.02 Å². The summed E-state index contributed by atoms with van der Waals surface area (Å²) >= 11 is 5.63. The van der Waals surface area contributed by atoms with Crippen molar-refractivity contribution in [3.05, 3.63) is 69.8 Å². The van der Waals surface area contributed by atoms with Crippen LogP contribution in [0.25, 0.3) is 0 Å². The third-order valence-corrected chi connectivity index (χ3v) is 3.20. The van der Waals surface area contributed by atoms with Crippen LogP contribution < -0.4 is 5.73 Å². The van der Waals surface area contributed by atoms with Gasteiger partial charge in [-0.2, -0.15) is 0 Å². The number of halogens is 5. The Bertz CT molecular complexity index is 622. The average molecular weight is 304 g/mol. The Labute approximate surface area is 118 Å². The Morgan fingerprint density at radius 1 is 1.00 bits per heavy atom. The molecule has 2 rings (SSSR count). The maximum Gasteiger partial charge on any atom is 0.194 e. The molecule has 0 aliphatic carbocycles. The Balaban J connectivity index is 2.28. The number of hydrogen-bond acceptors (Lipinski definition) is 1. The van der Waals surface area contributed by atoms with Gasteiger partial charge >= 0.3 is 0 Å². The lowest BCUT2D eigenvalue weighted by atomic mass is 9.99. The van der Waals surface area contributed by atoms with Crippen LogP contribution in [0.15, 0.2) is 30.3 Å². The summed E-state index contributed by atoms with van der Waals surface area (Å²) in [6.07, 6.45) is -0.0170. The first-order valence-corrected chi connectivity index (χ1v) is 6.11. The van der Waals surface area contributed by atoms with Gasteiger partial charge in [0.15, 0.2) is 17.5 Å². The van der Waals surface area contributed by atoms with Gasteiger partial charge in [0.2, 0.25) is 0 Å². The van der Waals surface area contributed by atoms with Crippen molar-refractivity contribution in [2.24, 2.45) is 5.73 Å². The predicted octanol–water partition coefficient (Wildman–Crippen LogP) is 4.14. The quantitative estimate of drug-likeness (QED) is 0.669. The molecule has 106 valence electrons. The van der Waals surface area contributed by atoms with E-state index in [0.717, 1.165) is 12.1 Å². The lowest BCUT2D eigenvalue weighted by Crippen LogP contribution is -2.15. The van der Waals surface area contributed by atoms with E-state index in [4.69, 9.17) is 17.3 Å².